The van der Waals surface area contributed by atoms with Gasteiger partial charge in [-0.15, -0.1) is 0 Å². The summed E-state index contributed by atoms with van der Waals surface area (Å²) >= 11 is 0. The largest absolute Gasteiger partial charge is 0.497 e. The Bertz CT molecular complexity index is 892. The molecule has 2 amide bonds. The number of carbonyl (C=O) groups excluding carboxylic acids is 3. The zero-order valence-corrected chi connectivity index (χ0v) is 16.5. The van der Waals surface area contributed by atoms with Gasteiger partial charge in [0, 0.05) is 12.1 Å². The molecule has 0 aromatic heterocycles. The van der Waals surface area contributed by atoms with E-state index in [0.29, 0.717) is 17.9 Å². The predicted octanol–water partition coefficient (Wildman–Crippen LogP) is 2.52. The van der Waals surface area contributed by atoms with Gasteiger partial charge in [-0.1, -0.05) is 29.8 Å². The molecular formula is C22H24N2O5. The fourth-order valence-corrected chi connectivity index (χ4v) is 3.58. The Morgan fingerprint density at radius 2 is 1.76 bits per heavy atom. The van der Waals surface area contributed by atoms with Crippen molar-refractivity contribution in [3.63, 3.8) is 0 Å². The zero-order chi connectivity index (χ0) is 21.0. The summed E-state index contributed by atoms with van der Waals surface area (Å²) in [7, 11) is 1.57. The molecule has 29 heavy (non-hydrogen) atoms. The number of methoxy groups -OCH3 is 1. The molecule has 2 atom stereocenters. The van der Waals surface area contributed by atoms with Gasteiger partial charge in [-0.25, -0.2) is 0 Å². The summed E-state index contributed by atoms with van der Waals surface area (Å²) in [4.78, 5) is 38.3. The van der Waals surface area contributed by atoms with Crippen LogP contribution in [-0.2, 0) is 19.1 Å². The van der Waals surface area contributed by atoms with E-state index in [9.17, 15) is 14.4 Å². The number of piperidine rings is 1. The molecule has 0 aliphatic carbocycles. The number of primary amides is 1. The van der Waals surface area contributed by atoms with Gasteiger partial charge in [-0.05, 0) is 43.2 Å². The smallest absolute Gasteiger partial charge is 0.311 e. The van der Waals surface area contributed by atoms with Gasteiger partial charge in [-0.3, -0.25) is 14.4 Å². The molecule has 2 N–H and O–H groups in total. The third kappa shape index (κ3) is 4.56. The van der Waals surface area contributed by atoms with Crippen molar-refractivity contribution >= 4 is 23.5 Å². The topological polar surface area (TPSA) is 98.9 Å². The number of hydrogen-bond acceptors (Lipinski definition) is 5. The van der Waals surface area contributed by atoms with Crippen LogP contribution in [-0.4, -0.2) is 31.5 Å². The molecule has 0 saturated carbocycles. The number of carbonyl (C=O) groups is 3. The number of benzene rings is 2. The third-order valence-electron chi connectivity index (χ3n) is 5.03. The molecule has 7 nitrogen and oxygen atoms in total. The van der Waals surface area contributed by atoms with Crippen LogP contribution in [0.5, 0.6) is 5.75 Å². The van der Waals surface area contributed by atoms with Gasteiger partial charge in [0.15, 0.2) is 6.61 Å². The number of hydrogen-bond donors (Lipinski definition) is 1. The molecule has 7 heteroatoms. The fraction of sp³-hybridized carbons (Fsp3) is 0.318. The summed E-state index contributed by atoms with van der Waals surface area (Å²) in [5.41, 5.74) is 7.66. The van der Waals surface area contributed by atoms with E-state index in [1.54, 1.807) is 24.1 Å². The van der Waals surface area contributed by atoms with Gasteiger partial charge < -0.3 is 20.1 Å². The maximum Gasteiger partial charge on any atom is 0.311 e. The molecule has 2 aromatic carbocycles. The predicted molar refractivity (Wildman–Crippen MR) is 107 cm³/mol. The Morgan fingerprint density at radius 3 is 2.34 bits per heavy atom. The number of anilines is 1. The van der Waals surface area contributed by atoms with Crippen LogP contribution in [0.3, 0.4) is 0 Å². The van der Waals surface area contributed by atoms with Crippen LogP contribution >= 0.6 is 0 Å². The van der Waals surface area contributed by atoms with Gasteiger partial charge in [0.25, 0.3) is 5.91 Å². The minimum absolute atomic E-state index is 0.0753. The van der Waals surface area contributed by atoms with E-state index in [2.05, 4.69) is 0 Å². The van der Waals surface area contributed by atoms with Crippen LogP contribution in [0, 0.1) is 12.8 Å². The average Bonchev–Trinajstić information content (AvgIpc) is 2.72. The van der Waals surface area contributed by atoms with Crippen LogP contribution < -0.4 is 15.4 Å². The van der Waals surface area contributed by atoms with Gasteiger partial charge in [0.2, 0.25) is 5.91 Å². The van der Waals surface area contributed by atoms with Gasteiger partial charge in [0.1, 0.15) is 5.75 Å². The Labute approximate surface area is 169 Å². The molecule has 0 unspecified atom stereocenters. The number of ether oxygens (including phenoxy) is 2. The third-order valence-corrected chi connectivity index (χ3v) is 5.03. The van der Waals surface area contributed by atoms with Crippen LogP contribution in [0.4, 0.5) is 5.69 Å². The summed E-state index contributed by atoms with van der Waals surface area (Å²) in [5.74, 6) is -1.29. The quantitative estimate of drug-likeness (QED) is 0.757. The van der Waals surface area contributed by atoms with Crippen molar-refractivity contribution in [2.24, 2.45) is 11.7 Å². The molecule has 1 aliphatic heterocycles. The molecule has 1 saturated heterocycles. The Balaban J connectivity index is 2.02. The highest BCUT2D eigenvalue weighted by Gasteiger charge is 2.42. The van der Waals surface area contributed by atoms with Crippen LogP contribution in [0.15, 0.2) is 48.5 Å². The molecule has 2 aromatic rings. The highest BCUT2D eigenvalue weighted by Crippen LogP contribution is 2.41. The zero-order valence-electron chi connectivity index (χ0n) is 16.5. The lowest BCUT2D eigenvalue weighted by molar-refractivity contribution is -0.154. The number of aryl methyl sites for hydroxylation is 1. The van der Waals surface area contributed by atoms with Crippen molar-refractivity contribution in [3.05, 3.63) is 59.7 Å². The number of amides is 2. The lowest BCUT2D eigenvalue weighted by atomic mass is 9.83. The van der Waals surface area contributed by atoms with Crippen molar-refractivity contribution in [3.8, 4) is 5.75 Å². The van der Waals surface area contributed by atoms with Gasteiger partial charge >= 0.3 is 5.97 Å². The number of nitrogens with zero attached hydrogens (tertiary/aromatic N) is 1. The first-order valence-corrected chi connectivity index (χ1v) is 9.38. The number of esters is 1. The molecule has 3 rings (SSSR count). The minimum atomic E-state index is -0.721. The SMILES string of the molecule is COc1ccc([C@H]2[C@@H](C(=O)OCC(N)=O)CCC(=O)N2c2ccc(C)cc2)cc1. The van der Waals surface area contributed by atoms with Crippen LogP contribution in [0.1, 0.15) is 30.0 Å². The molecule has 1 fully saturated rings. The number of nitrogens with two attached hydrogens (primary N) is 1. The van der Waals surface area contributed by atoms with Crippen LogP contribution in [0.2, 0.25) is 0 Å². The summed E-state index contributed by atoms with van der Waals surface area (Å²) in [6, 6.07) is 14.2. The first-order chi connectivity index (χ1) is 13.9. The van der Waals surface area contributed by atoms with E-state index in [0.717, 1.165) is 11.1 Å². The molecule has 0 bridgehead atoms. The van der Waals surface area contributed by atoms with E-state index in [4.69, 9.17) is 15.2 Å². The van der Waals surface area contributed by atoms with Gasteiger partial charge in [-0.2, -0.15) is 0 Å². The fourth-order valence-electron chi connectivity index (χ4n) is 3.58. The van der Waals surface area contributed by atoms with Crippen molar-refractivity contribution in [2.75, 3.05) is 18.6 Å². The lowest BCUT2D eigenvalue weighted by Crippen LogP contribution is -2.46. The second-order valence-electron chi connectivity index (χ2n) is 7.04. The first kappa shape index (κ1) is 20.4. The van der Waals surface area contributed by atoms with Gasteiger partial charge in [0.05, 0.1) is 19.1 Å². The normalized spacial score (nSPS) is 19.0. The highest BCUT2D eigenvalue weighted by atomic mass is 16.5. The van der Waals surface area contributed by atoms with Crippen molar-refractivity contribution < 1.29 is 23.9 Å². The maximum absolute atomic E-state index is 12.9. The van der Waals surface area contributed by atoms with Crippen molar-refractivity contribution in [2.45, 2.75) is 25.8 Å². The maximum atomic E-state index is 12.9. The van der Waals surface area contributed by atoms with Crippen LogP contribution in [0.25, 0.3) is 0 Å². The molecule has 0 spiro atoms. The van der Waals surface area contributed by atoms with E-state index in [-0.39, 0.29) is 12.3 Å². The number of rotatable bonds is 6. The monoisotopic (exact) mass is 396 g/mol. The summed E-state index contributed by atoms with van der Waals surface area (Å²) in [5, 5.41) is 0. The van der Waals surface area contributed by atoms with E-state index in [1.165, 1.54) is 0 Å². The average molecular weight is 396 g/mol. The molecule has 0 radical (unpaired) electrons. The molecule has 152 valence electrons. The van der Waals surface area contributed by atoms with Crippen molar-refractivity contribution in [1.29, 1.82) is 0 Å². The summed E-state index contributed by atoms with van der Waals surface area (Å²) in [6.07, 6.45) is 0.534. The standard InChI is InChI=1S/C22H24N2O5/c1-14-3-7-16(8-4-14)24-20(26)12-11-18(22(27)29-13-19(23)25)21(24)15-5-9-17(28-2)10-6-15/h3-10,18,21H,11-13H2,1-2H3,(H2,23,25)/t18-,21-/m0/s1. The Kier molecular flexibility index (Phi) is 6.16. The Morgan fingerprint density at radius 1 is 1.10 bits per heavy atom. The lowest BCUT2D eigenvalue weighted by Gasteiger charge is -2.40. The summed E-state index contributed by atoms with van der Waals surface area (Å²) in [6.45, 7) is 1.48. The Hall–Kier alpha value is -3.35. The second-order valence-corrected chi connectivity index (χ2v) is 7.04. The summed E-state index contributed by atoms with van der Waals surface area (Å²) < 4.78 is 10.3. The minimum Gasteiger partial charge on any atom is -0.497 e. The van der Waals surface area contributed by atoms with Crippen molar-refractivity contribution in [1.82, 2.24) is 0 Å². The molecule has 1 aliphatic rings. The molecular weight excluding hydrogens is 372 g/mol. The van der Waals surface area contributed by atoms with E-state index in [1.807, 2.05) is 43.3 Å². The molecule has 1 heterocycles. The highest BCUT2D eigenvalue weighted by molar-refractivity contribution is 5.97. The van der Waals surface area contributed by atoms with E-state index < -0.39 is 30.4 Å². The second kappa shape index (κ2) is 8.77. The van der Waals surface area contributed by atoms with E-state index >= 15 is 0 Å². The first-order valence-electron chi connectivity index (χ1n) is 9.38.